The van der Waals surface area contributed by atoms with E-state index in [1.807, 2.05) is 23.1 Å². The van der Waals surface area contributed by atoms with Crippen molar-refractivity contribution < 1.29 is 4.79 Å². The number of pyridine rings is 1. The number of thioether (sulfide) groups is 1. The highest BCUT2D eigenvalue weighted by Gasteiger charge is 2.30. The first-order valence-electron chi connectivity index (χ1n) is 9.45. The summed E-state index contributed by atoms with van der Waals surface area (Å²) in [5, 5.41) is 0. The zero-order valence-corrected chi connectivity index (χ0v) is 17.0. The van der Waals surface area contributed by atoms with Crippen LogP contribution in [0.25, 0.3) is 0 Å². The van der Waals surface area contributed by atoms with Crippen LogP contribution < -0.4 is 0 Å². The molecular formula is C22H28N2OS. The molecule has 1 aliphatic rings. The van der Waals surface area contributed by atoms with Gasteiger partial charge in [-0.25, -0.2) is 4.98 Å². The van der Waals surface area contributed by atoms with Crippen molar-refractivity contribution in [1.29, 1.82) is 0 Å². The molecule has 26 heavy (non-hydrogen) atoms. The molecule has 0 spiro atoms. The number of hydrogen-bond donors (Lipinski definition) is 0. The summed E-state index contributed by atoms with van der Waals surface area (Å²) < 4.78 is 0. The molecule has 1 aliphatic heterocycles. The summed E-state index contributed by atoms with van der Waals surface area (Å²) in [4.78, 5) is 21.0. The number of aryl methyl sites for hydroxylation is 2. The molecule has 0 radical (unpaired) electrons. The Morgan fingerprint density at radius 2 is 1.69 bits per heavy atom. The van der Waals surface area contributed by atoms with E-state index in [-0.39, 0.29) is 5.91 Å². The van der Waals surface area contributed by atoms with Crippen LogP contribution in [0.2, 0.25) is 0 Å². The van der Waals surface area contributed by atoms with Gasteiger partial charge in [-0.15, -0.1) is 11.8 Å². The summed E-state index contributed by atoms with van der Waals surface area (Å²) in [5.74, 6) is 0.849. The predicted octanol–water partition coefficient (Wildman–Crippen LogP) is 5.39. The van der Waals surface area contributed by atoms with Crippen molar-refractivity contribution in [1.82, 2.24) is 9.88 Å². The number of benzene rings is 1. The minimum atomic E-state index is 0.0728. The zero-order valence-electron chi connectivity index (χ0n) is 16.2. The highest BCUT2D eigenvalue weighted by molar-refractivity contribution is 7.98. The first-order valence-corrected chi connectivity index (χ1v) is 10.4. The summed E-state index contributed by atoms with van der Waals surface area (Å²) in [6.45, 7) is 8.58. The number of likely N-dealkylation sites (tertiary alicyclic amines) is 1. The van der Waals surface area contributed by atoms with Gasteiger partial charge in [0.2, 0.25) is 0 Å². The first-order chi connectivity index (χ1) is 12.5. The van der Waals surface area contributed by atoms with Gasteiger partial charge in [-0.05, 0) is 70.2 Å². The maximum absolute atomic E-state index is 13.0. The van der Waals surface area contributed by atoms with Gasteiger partial charge >= 0.3 is 0 Å². The van der Waals surface area contributed by atoms with Gasteiger partial charge in [-0.2, -0.15) is 0 Å². The van der Waals surface area contributed by atoms with Gasteiger partial charge in [0, 0.05) is 22.7 Å². The highest BCUT2D eigenvalue weighted by Crippen LogP contribution is 2.29. The van der Waals surface area contributed by atoms with Crippen molar-refractivity contribution in [3.63, 3.8) is 0 Å². The van der Waals surface area contributed by atoms with Crippen LogP contribution in [0.1, 0.15) is 60.4 Å². The second-order valence-electron chi connectivity index (χ2n) is 7.37. The standard InChI is InChI=1S/C22H28N2OS/c1-15-8-5-9-16(2)21(15)26-14-19-12-7-13-20(23-19)22(25)24-17(3)10-6-11-18(24)4/h5,7-9,12-13,17-18H,6,10-11,14H2,1-4H3. The maximum Gasteiger partial charge on any atom is 0.272 e. The molecular weight excluding hydrogens is 340 g/mol. The highest BCUT2D eigenvalue weighted by atomic mass is 32.2. The zero-order chi connectivity index (χ0) is 18.7. The Labute approximate surface area is 161 Å². The van der Waals surface area contributed by atoms with Crippen molar-refractivity contribution in [2.45, 2.75) is 69.7 Å². The molecule has 2 atom stereocenters. The van der Waals surface area contributed by atoms with Gasteiger partial charge in [0.05, 0.1) is 5.69 Å². The van der Waals surface area contributed by atoms with E-state index in [2.05, 4.69) is 50.9 Å². The normalized spacial score (nSPS) is 20.2. The van der Waals surface area contributed by atoms with Gasteiger partial charge in [0.15, 0.2) is 0 Å². The molecule has 2 aromatic rings. The second-order valence-corrected chi connectivity index (χ2v) is 8.35. The van der Waals surface area contributed by atoms with Crippen LogP contribution in [0.15, 0.2) is 41.3 Å². The molecule has 3 rings (SSSR count). The van der Waals surface area contributed by atoms with Gasteiger partial charge in [0.1, 0.15) is 5.69 Å². The average Bonchev–Trinajstić information content (AvgIpc) is 2.61. The van der Waals surface area contributed by atoms with E-state index in [0.717, 1.165) is 24.3 Å². The van der Waals surface area contributed by atoms with Crippen molar-refractivity contribution in [3.8, 4) is 0 Å². The summed E-state index contributed by atoms with van der Waals surface area (Å²) in [5.41, 5.74) is 4.11. The minimum Gasteiger partial charge on any atom is -0.332 e. The Bertz CT molecular complexity index is 759. The SMILES string of the molecule is Cc1cccc(C)c1SCc1cccc(C(=O)N2C(C)CCCC2C)n1. The van der Waals surface area contributed by atoms with Crippen molar-refractivity contribution in [3.05, 3.63) is 58.9 Å². The first kappa shape index (κ1) is 19.0. The fourth-order valence-corrected chi connectivity index (χ4v) is 4.85. The van der Waals surface area contributed by atoms with E-state index in [1.54, 1.807) is 11.8 Å². The number of piperidine rings is 1. The Morgan fingerprint density at radius 3 is 2.35 bits per heavy atom. The molecule has 1 fully saturated rings. The van der Waals surface area contributed by atoms with E-state index in [4.69, 9.17) is 0 Å². The molecule has 0 aliphatic carbocycles. The van der Waals surface area contributed by atoms with E-state index < -0.39 is 0 Å². The van der Waals surface area contributed by atoms with Crippen LogP contribution in [0.3, 0.4) is 0 Å². The molecule has 0 saturated carbocycles. The van der Waals surface area contributed by atoms with Crippen LogP contribution in [-0.4, -0.2) is 27.9 Å². The lowest BCUT2D eigenvalue weighted by molar-refractivity contribution is 0.0504. The molecule has 1 saturated heterocycles. The van der Waals surface area contributed by atoms with E-state index in [9.17, 15) is 4.79 Å². The Balaban J connectivity index is 1.75. The lowest BCUT2D eigenvalue weighted by Gasteiger charge is -2.38. The molecule has 1 amide bonds. The molecule has 4 heteroatoms. The number of rotatable bonds is 4. The van der Waals surface area contributed by atoms with Crippen LogP contribution in [0, 0.1) is 13.8 Å². The Kier molecular flexibility index (Phi) is 6.02. The quantitative estimate of drug-likeness (QED) is 0.678. The van der Waals surface area contributed by atoms with Crippen LogP contribution in [-0.2, 0) is 5.75 Å². The average molecular weight is 369 g/mol. The number of nitrogens with zero attached hydrogens (tertiary/aromatic N) is 2. The maximum atomic E-state index is 13.0. The fourth-order valence-electron chi connectivity index (χ4n) is 3.81. The largest absolute Gasteiger partial charge is 0.332 e. The Hall–Kier alpha value is -1.81. The van der Waals surface area contributed by atoms with E-state index in [0.29, 0.717) is 17.8 Å². The molecule has 0 N–H and O–H groups in total. The predicted molar refractivity (Wildman–Crippen MR) is 109 cm³/mol. The molecule has 2 heterocycles. The van der Waals surface area contributed by atoms with E-state index in [1.165, 1.54) is 22.4 Å². The van der Waals surface area contributed by atoms with Gasteiger partial charge in [-0.1, -0.05) is 24.3 Å². The fraction of sp³-hybridized carbons (Fsp3) is 0.455. The lowest BCUT2D eigenvalue weighted by atomic mass is 9.97. The van der Waals surface area contributed by atoms with Crippen LogP contribution in [0.4, 0.5) is 0 Å². The van der Waals surface area contributed by atoms with Gasteiger partial charge in [-0.3, -0.25) is 4.79 Å². The molecule has 3 nitrogen and oxygen atoms in total. The van der Waals surface area contributed by atoms with Crippen molar-refractivity contribution in [2.75, 3.05) is 0 Å². The van der Waals surface area contributed by atoms with Crippen molar-refractivity contribution in [2.24, 2.45) is 0 Å². The number of amides is 1. The molecule has 1 aromatic heterocycles. The summed E-state index contributed by atoms with van der Waals surface area (Å²) in [6, 6.07) is 12.8. The number of aromatic nitrogens is 1. The number of carbonyl (C=O) groups is 1. The minimum absolute atomic E-state index is 0.0728. The van der Waals surface area contributed by atoms with Crippen LogP contribution in [0.5, 0.6) is 0 Å². The molecule has 0 bridgehead atoms. The second kappa shape index (κ2) is 8.26. The molecule has 2 unspecified atom stereocenters. The van der Waals surface area contributed by atoms with Crippen molar-refractivity contribution >= 4 is 17.7 Å². The van der Waals surface area contributed by atoms with Gasteiger partial charge in [0.25, 0.3) is 5.91 Å². The third kappa shape index (κ3) is 4.12. The number of hydrogen-bond acceptors (Lipinski definition) is 3. The topological polar surface area (TPSA) is 33.2 Å². The summed E-state index contributed by atoms with van der Waals surface area (Å²) in [6.07, 6.45) is 3.36. The molecule has 138 valence electrons. The van der Waals surface area contributed by atoms with Crippen LogP contribution >= 0.6 is 11.8 Å². The number of carbonyl (C=O) groups excluding carboxylic acids is 1. The summed E-state index contributed by atoms with van der Waals surface area (Å²) >= 11 is 1.80. The Morgan fingerprint density at radius 1 is 1.08 bits per heavy atom. The van der Waals surface area contributed by atoms with E-state index >= 15 is 0 Å². The van der Waals surface area contributed by atoms with Gasteiger partial charge < -0.3 is 4.90 Å². The third-order valence-corrected chi connectivity index (χ3v) is 6.60. The monoisotopic (exact) mass is 368 g/mol. The smallest absolute Gasteiger partial charge is 0.272 e. The lowest BCUT2D eigenvalue weighted by Crippen LogP contribution is -2.47. The molecule has 1 aromatic carbocycles. The third-order valence-electron chi connectivity index (χ3n) is 5.23. The summed E-state index contributed by atoms with van der Waals surface area (Å²) in [7, 11) is 0.